The number of aromatic nitrogens is 2. The maximum Gasteiger partial charge on any atom is 0.0690 e. The third-order valence-electron chi connectivity index (χ3n) is 2.67. The van der Waals surface area contributed by atoms with Crippen LogP contribution in [0.15, 0.2) is 12.1 Å². The molecule has 0 saturated carbocycles. The molecule has 1 aromatic heterocycles. The van der Waals surface area contributed by atoms with Crippen molar-refractivity contribution in [1.82, 2.24) is 9.78 Å². The van der Waals surface area contributed by atoms with Crippen molar-refractivity contribution >= 4 is 10.9 Å². The molecule has 0 radical (unpaired) electrons. The first kappa shape index (κ1) is 9.25. The van der Waals surface area contributed by atoms with Crippen LogP contribution in [0.3, 0.4) is 0 Å². The Bertz CT molecular complexity index is 481. The molecule has 0 aliphatic carbocycles. The van der Waals surface area contributed by atoms with Gasteiger partial charge in [0, 0.05) is 11.9 Å². The summed E-state index contributed by atoms with van der Waals surface area (Å²) in [5, 5.41) is 5.84. The standard InChI is InChI=1S/C12H16N2/c1-5-14-11-7-8(2)6-9(3)12(11)10(4)13-14/h6-7H,5H2,1-4H3. The Labute approximate surface area is 84.5 Å². The zero-order chi connectivity index (χ0) is 10.3. The van der Waals surface area contributed by atoms with Crippen LogP contribution < -0.4 is 0 Å². The molecule has 2 rings (SSSR count). The topological polar surface area (TPSA) is 17.8 Å². The number of hydrogen-bond acceptors (Lipinski definition) is 1. The van der Waals surface area contributed by atoms with Crippen molar-refractivity contribution in [2.24, 2.45) is 0 Å². The largest absolute Gasteiger partial charge is 0.265 e. The fourth-order valence-electron chi connectivity index (χ4n) is 2.15. The van der Waals surface area contributed by atoms with Gasteiger partial charge in [-0.25, -0.2) is 0 Å². The van der Waals surface area contributed by atoms with E-state index in [0.717, 1.165) is 12.2 Å². The summed E-state index contributed by atoms with van der Waals surface area (Å²) in [7, 11) is 0. The van der Waals surface area contributed by atoms with E-state index in [1.165, 1.54) is 22.0 Å². The summed E-state index contributed by atoms with van der Waals surface area (Å²) >= 11 is 0. The SMILES string of the molecule is CCn1nc(C)c2c(C)cc(C)cc21. The molecule has 2 heteroatoms. The number of rotatable bonds is 1. The van der Waals surface area contributed by atoms with Crippen LogP contribution in [-0.4, -0.2) is 9.78 Å². The summed E-state index contributed by atoms with van der Waals surface area (Å²) in [5.74, 6) is 0. The van der Waals surface area contributed by atoms with Gasteiger partial charge in [-0.05, 0) is 44.9 Å². The molecule has 1 aromatic carbocycles. The summed E-state index contributed by atoms with van der Waals surface area (Å²) in [5.41, 5.74) is 5.05. The highest BCUT2D eigenvalue weighted by Gasteiger charge is 2.08. The molecule has 0 spiro atoms. The van der Waals surface area contributed by atoms with Crippen LogP contribution in [0.4, 0.5) is 0 Å². The lowest BCUT2D eigenvalue weighted by atomic mass is 10.1. The van der Waals surface area contributed by atoms with Gasteiger partial charge in [-0.3, -0.25) is 4.68 Å². The van der Waals surface area contributed by atoms with Crippen molar-refractivity contribution in [3.63, 3.8) is 0 Å². The molecule has 1 heterocycles. The summed E-state index contributed by atoms with van der Waals surface area (Å²) in [6.07, 6.45) is 0. The van der Waals surface area contributed by atoms with E-state index in [0.29, 0.717) is 0 Å². The highest BCUT2D eigenvalue weighted by molar-refractivity contribution is 5.85. The molecular weight excluding hydrogens is 172 g/mol. The molecular formula is C12H16N2. The van der Waals surface area contributed by atoms with E-state index in [4.69, 9.17) is 0 Å². The minimum absolute atomic E-state index is 0.938. The van der Waals surface area contributed by atoms with Crippen LogP contribution in [0.2, 0.25) is 0 Å². The highest BCUT2D eigenvalue weighted by Crippen LogP contribution is 2.23. The van der Waals surface area contributed by atoms with Crippen molar-refractivity contribution in [3.8, 4) is 0 Å². The normalized spacial score (nSPS) is 11.1. The maximum absolute atomic E-state index is 4.53. The summed E-state index contributed by atoms with van der Waals surface area (Å²) < 4.78 is 2.07. The first-order chi connectivity index (χ1) is 6.63. The lowest BCUT2D eigenvalue weighted by Crippen LogP contribution is -1.96. The van der Waals surface area contributed by atoms with Gasteiger partial charge in [0.25, 0.3) is 0 Å². The molecule has 14 heavy (non-hydrogen) atoms. The molecule has 0 amide bonds. The predicted molar refractivity (Wildman–Crippen MR) is 59.6 cm³/mol. The minimum Gasteiger partial charge on any atom is -0.265 e. The number of nitrogens with zero attached hydrogens (tertiary/aromatic N) is 2. The zero-order valence-electron chi connectivity index (χ0n) is 9.26. The van der Waals surface area contributed by atoms with Crippen LogP contribution >= 0.6 is 0 Å². The highest BCUT2D eigenvalue weighted by atomic mass is 15.3. The Balaban J connectivity index is 2.89. The summed E-state index contributed by atoms with van der Waals surface area (Å²) in [4.78, 5) is 0. The summed E-state index contributed by atoms with van der Waals surface area (Å²) in [6, 6.07) is 4.43. The van der Waals surface area contributed by atoms with E-state index in [-0.39, 0.29) is 0 Å². The lowest BCUT2D eigenvalue weighted by Gasteiger charge is -2.02. The number of aryl methyl sites for hydroxylation is 4. The molecule has 0 aliphatic rings. The number of benzene rings is 1. The molecule has 0 unspecified atom stereocenters. The van der Waals surface area contributed by atoms with Gasteiger partial charge >= 0.3 is 0 Å². The monoisotopic (exact) mass is 188 g/mol. The number of hydrogen-bond donors (Lipinski definition) is 0. The average molecular weight is 188 g/mol. The average Bonchev–Trinajstić information content (AvgIpc) is 2.42. The van der Waals surface area contributed by atoms with Crippen LogP contribution in [0.5, 0.6) is 0 Å². The fourth-order valence-corrected chi connectivity index (χ4v) is 2.15. The van der Waals surface area contributed by atoms with Gasteiger partial charge in [0.15, 0.2) is 0 Å². The quantitative estimate of drug-likeness (QED) is 0.672. The molecule has 0 aliphatic heterocycles. The number of fused-ring (bicyclic) bond motifs is 1. The van der Waals surface area contributed by atoms with Gasteiger partial charge in [0.05, 0.1) is 11.2 Å². The molecule has 0 atom stereocenters. The van der Waals surface area contributed by atoms with Crippen LogP contribution in [0.25, 0.3) is 10.9 Å². The van der Waals surface area contributed by atoms with Crippen molar-refractivity contribution in [2.75, 3.05) is 0 Å². The first-order valence-electron chi connectivity index (χ1n) is 5.08. The molecule has 0 saturated heterocycles. The molecule has 0 bridgehead atoms. The van der Waals surface area contributed by atoms with Gasteiger partial charge in [0.2, 0.25) is 0 Å². The van der Waals surface area contributed by atoms with E-state index >= 15 is 0 Å². The Hall–Kier alpha value is -1.31. The molecule has 0 N–H and O–H groups in total. The molecule has 2 nitrogen and oxygen atoms in total. The zero-order valence-corrected chi connectivity index (χ0v) is 9.26. The Morgan fingerprint density at radius 3 is 2.57 bits per heavy atom. The smallest absolute Gasteiger partial charge is 0.0690 e. The van der Waals surface area contributed by atoms with E-state index in [1.807, 2.05) is 0 Å². The van der Waals surface area contributed by atoms with E-state index < -0.39 is 0 Å². The maximum atomic E-state index is 4.53. The van der Waals surface area contributed by atoms with E-state index in [1.54, 1.807) is 0 Å². The lowest BCUT2D eigenvalue weighted by molar-refractivity contribution is 0.676. The minimum atomic E-state index is 0.938. The van der Waals surface area contributed by atoms with Crippen LogP contribution in [0, 0.1) is 20.8 Å². The van der Waals surface area contributed by atoms with Gasteiger partial charge in [-0.2, -0.15) is 5.10 Å². The van der Waals surface area contributed by atoms with Crippen molar-refractivity contribution < 1.29 is 0 Å². The first-order valence-corrected chi connectivity index (χ1v) is 5.08. The fraction of sp³-hybridized carbons (Fsp3) is 0.417. The van der Waals surface area contributed by atoms with Gasteiger partial charge in [0.1, 0.15) is 0 Å². The van der Waals surface area contributed by atoms with E-state index in [9.17, 15) is 0 Å². The van der Waals surface area contributed by atoms with Crippen LogP contribution in [0.1, 0.15) is 23.7 Å². The summed E-state index contributed by atoms with van der Waals surface area (Å²) in [6.45, 7) is 9.44. The third kappa shape index (κ3) is 1.22. The van der Waals surface area contributed by atoms with Crippen LogP contribution in [-0.2, 0) is 6.54 Å². The van der Waals surface area contributed by atoms with Crippen molar-refractivity contribution in [3.05, 3.63) is 29.0 Å². The second-order valence-electron chi connectivity index (χ2n) is 3.88. The third-order valence-corrected chi connectivity index (χ3v) is 2.67. The second kappa shape index (κ2) is 3.12. The van der Waals surface area contributed by atoms with Crippen molar-refractivity contribution in [1.29, 1.82) is 0 Å². The van der Waals surface area contributed by atoms with E-state index in [2.05, 4.69) is 49.6 Å². The molecule has 74 valence electrons. The Morgan fingerprint density at radius 2 is 1.93 bits per heavy atom. The Kier molecular flexibility index (Phi) is 2.06. The van der Waals surface area contributed by atoms with Crippen molar-refractivity contribution in [2.45, 2.75) is 34.2 Å². The Morgan fingerprint density at radius 1 is 1.21 bits per heavy atom. The predicted octanol–water partition coefficient (Wildman–Crippen LogP) is 2.98. The van der Waals surface area contributed by atoms with Gasteiger partial charge < -0.3 is 0 Å². The van der Waals surface area contributed by atoms with Gasteiger partial charge in [-0.1, -0.05) is 6.07 Å². The van der Waals surface area contributed by atoms with Gasteiger partial charge in [-0.15, -0.1) is 0 Å². The molecule has 2 aromatic rings. The molecule has 0 fully saturated rings. The second-order valence-corrected chi connectivity index (χ2v) is 3.88.